The van der Waals surface area contributed by atoms with Crippen molar-refractivity contribution in [3.8, 4) is 0 Å². The molecular weight excluding hydrogens is 360 g/mol. The summed E-state index contributed by atoms with van der Waals surface area (Å²) >= 11 is 0. The summed E-state index contributed by atoms with van der Waals surface area (Å²) in [6, 6.07) is 0. The van der Waals surface area contributed by atoms with E-state index in [-0.39, 0.29) is 25.7 Å². The second-order valence-corrected chi connectivity index (χ2v) is 7.93. The van der Waals surface area contributed by atoms with Crippen LogP contribution in [-0.4, -0.2) is 30.5 Å². The summed E-state index contributed by atoms with van der Waals surface area (Å²) in [7, 11) is 0. The van der Waals surface area contributed by atoms with E-state index >= 15 is 0 Å². The molecule has 0 saturated heterocycles. The molecule has 0 aliphatic rings. The van der Waals surface area contributed by atoms with Crippen molar-refractivity contribution in [1.82, 2.24) is 30.5 Å². The normalized spacial score (nSPS) is 10.6. The van der Waals surface area contributed by atoms with E-state index in [1.54, 1.807) is 0 Å². The molecule has 0 atom stereocenters. The second kappa shape index (κ2) is 12.0. The number of rotatable bonds is 1. The van der Waals surface area contributed by atoms with Gasteiger partial charge in [0.2, 0.25) is 24.6 Å². The molecule has 0 unspecified atom stereocenters. The van der Waals surface area contributed by atoms with Gasteiger partial charge in [0, 0.05) is 16.7 Å². The van der Waals surface area contributed by atoms with Crippen molar-refractivity contribution in [2.24, 2.45) is 0 Å². The number of hydrogen-bond donors (Lipinski definition) is 0. The molecule has 0 fully saturated rings. The zero-order chi connectivity index (χ0) is 19.8. The van der Waals surface area contributed by atoms with Gasteiger partial charge in [0.1, 0.15) is 0 Å². The van der Waals surface area contributed by atoms with E-state index in [0.29, 0.717) is 17.7 Å². The van der Waals surface area contributed by atoms with Crippen molar-refractivity contribution in [2.75, 3.05) is 0 Å². The van der Waals surface area contributed by atoms with E-state index in [4.69, 9.17) is 8.94 Å². The van der Waals surface area contributed by atoms with Gasteiger partial charge in [-0.2, -0.15) is 9.97 Å². The molecule has 160 valence electrons. The summed E-state index contributed by atoms with van der Waals surface area (Å²) in [5, 5.41) is 14.4. The van der Waals surface area contributed by atoms with Gasteiger partial charge in [-0.3, -0.25) is 0 Å². The molecule has 9 nitrogen and oxygen atoms in total. The predicted octanol–water partition coefficient (Wildman–Crippen LogP) is 5.20. The topological polar surface area (TPSA) is 117 Å². The maximum atomic E-state index is 4.87. The molecule has 0 aliphatic carbocycles. The van der Waals surface area contributed by atoms with Crippen molar-refractivity contribution in [3.63, 3.8) is 0 Å². The SMILES string of the molecule is C.C.CC(C)(C)c1ncno1.CC(C)(C)c1ncon1.CC(C)c1nnco1. The van der Waals surface area contributed by atoms with Crippen LogP contribution in [-0.2, 0) is 10.8 Å². The van der Waals surface area contributed by atoms with Crippen LogP contribution in [0.5, 0.6) is 0 Å². The van der Waals surface area contributed by atoms with Crippen LogP contribution in [0.25, 0.3) is 0 Å². The van der Waals surface area contributed by atoms with Crippen LogP contribution in [0.2, 0.25) is 0 Å². The smallest absolute Gasteiger partial charge is 0.231 e. The Bertz CT molecular complexity index is 650. The molecule has 0 bridgehead atoms. The zero-order valence-corrected chi connectivity index (χ0v) is 16.7. The monoisotopic (exact) mass is 396 g/mol. The first kappa shape index (κ1) is 27.6. The lowest BCUT2D eigenvalue weighted by Gasteiger charge is -2.10. The molecular formula is C19H36N6O3. The van der Waals surface area contributed by atoms with Crippen LogP contribution in [0.15, 0.2) is 32.6 Å². The van der Waals surface area contributed by atoms with Crippen LogP contribution < -0.4 is 0 Å². The Labute approximate surface area is 168 Å². The quantitative estimate of drug-likeness (QED) is 0.547. The Kier molecular flexibility index (Phi) is 11.8. The molecule has 0 aliphatic heterocycles. The predicted molar refractivity (Wildman–Crippen MR) is 108 cm³/mol. The average Bonchev–Trinajstić information content (AvgIpc) is 3.28. The number of aromatic nitrogens is 6. The maximum absolute atomic E-state index is 4.87. The fourth-order valence-electron chi connectivity index (χ4n) is 1.44. The Morgan fingerprint density at radius 3 is 1.75 bits per heavy atom. The highest BCUT2D eigenvalue weighted by molar-refractivity contribution is 4.96. The first-order chi connectivity index (χ1) is 12.0. The molecule has 28 heavy (non-hydrogen) atoms. The fraction of sp³-hybridized carbons (Fsp3) is 0.684. The van der Waals surface area contributed by atoms with Crippen LogP contribution in [0.4, 0.5) is 0 Å². The van der Waals surface area contributed by atoms with Crippen LogP contribution in [0.1, 0.15) is 93.8 Å². The lowest BCUT2D eigenvalue weighted by molar-refractivity contribution is 0.320. The number of nitrogens with zero attached hydrogens (tertiary/aromatic N) is 6. The van der Waals surface area contributed by atoms with E-state index in [1.807, 2.05) is 55.4 Å². The summed E-state index contributed by atoms with van der Waals surface area (Å²) in [5.74, 6) is 2.48. The second-order valence-electron chi connectivity index (χ2n) is 7.93. The van der Waals surface area contributed by atoms with Gasteiger partial charge in [-0.25, -0.2) is 0 Å². The summed E-state index contributed by atoms with van der Waals surface area (Å²) in [6.45, 7) is 16.2. The molecule has 0 radical (unpaired) electrons. The van der Waals surface area contributed by atoms with Gasteiger partial charge in [0.05, 0.1) is 0 Å². The minimum atomic E-state index is -0.0174. The lowest BCUT2D eigenvalue weighted by Crippen LogP contribution is -2.12. The number of hydrogen-bond acceptors (Lipinski definition) is 9. The van der Waals surface area contributed by atoms with E-state index in [2.05, 4.69) is 35.0 Å². The first-order valence-corrected chi connectivity index (χ1v) is 8.32. The highest BCUT2D eigenvalue weighted by atomic mass is 16.5. The summed E-state index contributed by atoms with van der Waals surface area (Å²) in [5.41, 5.74) is -0.0104. The van der Waals surface area contributed by atoms with Gasteiger partial charge in [-0.1, -0.05) is 80.6 Å². The van der Waals surface area contributed by atoms with E-state index in [9.17, 15) is 0 Å². The molecule has 3 rings (SSSR count). The van der Waals surface area contributed by atoms with Gasteiger partial charge in [0.15, 0.2) is 12.2 Å². The van der Waals surface area contributed by atoms with Crippen molar-refractivity contribution in [1.29, 1.82) is 0 Å². The van der Waals surface area contributed by atoms with E-state index < -0.39 is 0 Å². The standard InChI is InChI=1S/2C6H10N2O.C5H8N2O.2CH4/c1-6(2,3)5-7-4-9-8-5;1-6(2,3)5-7-4-8-9-5;1-4(2)5-7-6-3-8-5;;/h2*4H,1-3H3;3-4H,1-2H3;2*1H4. The lowest BCUT2D eigenvalue weighted by atomic mass is 9.96. The Balaban J connectivity index is 0. The van der Waals surface area contributed by atoms with Gasteiger partial charge < -0.3 is 13.5 Å². The first-order valence-electron chi connectivity index (χ1n) is 8.32. The average molecular weight is 397 g/mol. The molecule has 9 heteroatoms. The van der Waals surface area contributed by atoms with Crippen molar-refractivity contribution < 1.29 is 13.5 Å². The molecule has 3 aromatic heterocycles. The molecule has 0 amide bonds. The molecule has 0 N–H and O–H groups in total. The van der Waals surface area contributed by atoms with Crippen molar-refractivity contribution in [2.45, 2.75) is 87.0 Å². The summed E-state index contributed by atoms with van der Waals surface area (Å²) in [6.07, 6.45) is 4.11. The third-order valence-corrected chi connectivity index (χ3v) is 2.91. The van der Waals surface area contributed by atoms with Crippen molar-refractivity contribution in [3.05, 3.63) is 36.7 Å². The third kappa shape index (κ3) is 9.94. The van der Waals surface area contributed by atoms with Crippen LogP contribution >= 0.6 is 0 Å². The van der Waals surface area contributed by atoms with Gasteiger partial charge in [0.25, 0.3) is 0 Å². The molecule has 3 aromatic rings. The minimum Gasteiger partial charge on any atom is -0.428 e. The van der Waals surface area contributed by atoms with E-state index in [1.165, 1.54) is 19.1 Å². The van der Waals surface area contributed by atoms with Crippen LogP contribution in [0, 0.1) is 0 Å². The Morgan fingerprint density at radius 2 is 1.54 bits per heavy atom. The maximum Gasteiger partial charge on any atom is 0.231 e. The highest BCUT2D eigenvalue weighted by Crippen LogP contribution is 2.18. The Hall–Kier alpha value is -2.58. The molecule has 0 saturated carbocycles. The summed E-state index contributed by atoms with van der Waals surface area (Å²) in [4.78, 5) is 7.82. The molecule has 3 heterocycles. The Morgan fingerprint density at radius 1 is 0.893 bits per heavy atom. The fourth-order valence-corrected chi connectivity index (χ4v) is 1.44. The van der Waals surface area contributed by atoms with Gasteiger partial charge in [-0.15, -0.1) is 10.2 Å². The third-order valence-electron chi connectivity index (χ3n) is 2.91. The summed E-state index contributed by atoms with van der Waals surface area (Å²) < 4.78 is 14.3. The van der Waals surface area contributed by atoms with Crippen molar-refractivity contribution >= 4 is 0 Å². The van der Waals surface area contributed by atoms with Gasteiger partial charge in [-0.05, 0) is 0 Å². The minimum absolute atomic E-state index is 0. The highest BCUT2D eigenvalue weighted by Gasteiger charge is 2.19. The van der Waals surface area contributed by atoms with E-state index in [0.717, 1.165) is 5.82 Å². The molecule has 0 aromatic carbocycles. The molecule has 0 spiro atoms. The zero-order valence-electron chi connectivity index (χ0n) is 16.7. The van der Waals surface area contributed by atoms with Crippen LogP contribution in [0.3, 0.4) is 0 Å². The largest absolute Gasteiger partial charge is 0.428 e. The van der Waals surface area contributed by atoms with Gasteiger partial charge >= 0.3 is 0 Å².